The third-order valence-corrected chi connectivity index (χ3v) is 11.8. The quantitative estimate of drug-likeness (QED) is 0.0199. The van der Waals surface area contributed by atoms with Crippen molar-refractivity contribution in [2.45, 2.75) is 252 Å². The van der Waals surface area contributed by atoms with E-state index < -0.39 is 6.10 Å². The predicted molar refractivity (Wildman–Crippen MR) is 302 cm³/mol. The van der Waals surface area contributed by atoms with Crippen LogP contribution in [0.25, 0.3) is 0 Å². The van der Waals surface area contributed by atoms with Gasteiger partial charge in [0.15, 0.2) is 6.10 Å². The first-order valence-corrected chi connectivity index (χ1v) is 28.6. The third-order valence-electron chi connectivity index (χ3n) is 11.8. The second kappa shape index (κ2) is 57.4. The highest BCUT2D eigenvalue weighted by Crippen LogP contribution is 2.13. The van der Waals surface area contributed by atoms with Crippen molar-refractivity contribution >= 4 is 17.9 Å². The summed E-state index contributed by atoms with van der Waals surface area (Å²) in [7, 11) is 0. The van der Waals surface area contributed by atoms with Crippen LogP contribution in [-0.2, 0) is 28.6 Å². The summed E-state index contributed by atoms with van der Waals surface area (Å²) >= 11 is 0. The zero-order valence-corrected chi connectivity index (χ0v) is 45.2. The first-order chi connectivity index (χ1) is 34.5. The summed E-state index contributed by atoms with van der Waals surface area (Å²) in [5.74, 6) is -1.00. The van der Waals surface area contributed by atoms with Gasteiger partial charge in [-0.25, -0.2) is 0 Å². The molecule has 6 nitrogen and oxygen atoms in total. The maximum absolute atomic E-state index is 12.8. The van der Waals surface area contributed by atoms with E-state index in [1.165, 1.54) is 96.3 Å². The zero-order valence-electron chi connectivity index (χ0n) is 45.2. The fraction of sp³-hybridized carbons (Fsp3) is 0.641. The first-order valence-electron chi connectivity index (χ1n) is 28.6. The molecule has 0 aromatic carbocycles. The van der Waals surface area contributed by atoms with Gasteiger partial charge < -0.3 is 14.2 Å². The predicted octanol–water partition coefficient (Wildman–Crippen LogP) is 19.3. The third kappa shape index (κ3) is 54.7. The molecule has 0 aromatic heterocycles. The molecule has 0 aliphatic carbocycles. The minimum atomic E-state index is -0.824. The van der Waals surface area contributed by atoms with Gasteiger partial charge in [0.25, 0.3) is 0 Å². The summed E-state index contributed by atoms with van der Waals surface area (Å²) < 4.78 is 16.8. The second-order valence-electron chi connectivity index (χ2n) is 18.6. The first kappa shape index (κ1) is 65.8. The average molecular weight is 970 g/mol. The van der Waals surface area contributed by atoms with Gasteiger partial charge in [0.2, 0.25) is 0 Å². The topological polar surface area (TPSA) is 78.9 Å². The van der Waals surface area contributed by atoms with Crippen LogP contribution in [0.1, 0.15) is 245 Å². The summed E-state index contributed by atoms with van der Waals surface area (Å²) in [5.41, 5.74) is 0. The molecule has 0 rings (SSSR count). The van der Waals surface area contributed by atoms with E-state index in [4.69, 9.17) is 14.2 Å². The SMILES string of the molecule is CCCCC\C=C/C=C\C=C/C=C\CCCCCCCC(=O)OCC(COC(=O)CCCCCCCCC/C=C\C/C=C\CCCCC)OC(=O)CCC/C=C\C/C=C\C/C=C\C/C=C\CCCCC. The second-order valence-corrected chi connectivity index (χ2v) is 18.6. The number of carbonyl (C=O) groups is 3. The van der Waals surface area contributed by atoms with Crippen molar-refractivity contribution in [3.8, 4) is 0 Å². The summed E-state index contributed by atoms with van der Waals surface area (Å²) in [5, 5.41) is 0. The van der Waals surface area contributed by atoms with Crippen molar-refractivity contribution in [3.05, 3.63) is 122 Å². The van der Waals surface area contributed by atoms with Gasteiger partial charge in [0, 0.05) is 19.3 Å². The van der Waals surface area contributed by atoms with Crippen LogP contribution in [0.3, 0.4) is 0 Å². The van der Waals surface area contributed by atoms with E-state index in [0.717, 1.165) is 103 Å². The standard InChI is InChI=1S/C64H104O6/c1-4-7-10-13-16-19-22-25-28-31-34-36-39-42-45-48-51-54-57-63(66)69-60-61(70-64(67)58-55-52-49-46-43-40-37-33-30-27-24-21-18-15-12-9-6-3)59-68-62(65)56-53-50-47-44-41-38-35-32-29-26-23-20-17-14-11-8-5-2/h16-22,25-31,34,36-37,40,46,49,61H,4-15,23-24,32-33,35,38-39,41-45,47-48,50-60H2,1-3H3/b19-16-,20-17-,21-18-,25-22-,29-26-,30-27-,31-28-,36-34-,40-37-,49-46-. The molecule has 0 aromatic rings. The van der Waals surface area contributed by atoms with Gasteiger partial charge in [0.05, 0.1) is 0 Å². The highest BCUT2D eigenvalue weighted by atomic mass is 16.6. The molecular formula is C64H104O6. The maximum Gasteiger partial charge on any atom is 0.306 e. The number of unbranched alkanes of at least 4 members (excludes halogenated alkanes) is 22. The molecule has 396 valence electrons. The van der Waals surface area contributed by atoms with Crippen LogP contribution in [0, 0.1) is 0 Å². The van der Waals surface area contributed by atoms with E-state index in [9.17, 15) is 14.4 Å². The van der Waals surface area contributed by atoms with E-state index in [2.05, 4.69) is 142 Å². The largest absolute Gasteiger partial charge is 0.462 e. The Morgan fingerprint density at radius 2 is 0.586 bits per heavy atom. The summed E-state index contributed by atoms with van der Waals surface area (Å²) in [6.45, 7) is 6.47. The number of ether oxygens (including phenoxy) is 3. The highest BCUT2D eigenvalue weighted by molar-refractivity contribution is 5.71. The van der Waals surface area contributed by atoms with E-state index >= 15 is 0 Å². The Morgan fingerprint density at radius 1 is 0.300 bits per heavy atom. The molecule has 70 heavy (non-hydrogen) atoms. The van der Waals surface area contributed by atoms with Crippen LogP contribution >= 0.6 is 0 Å². The van der Waals surface area contributed by atoms with Crippen molar-refractivity contribution in [1.29, 1.82) is 0 Å². The molecule has 0 spiro atoms. The number of allylic oxidation sites excluding steroid dienone is 20. The molecule has 0 amide bonds. The van der Waals surface area contributed by atoms with Crippen LogP contribution in [0.5, 0.6) is 0 Å². The molecule has 0 aliphatic rings. The van der Waals surface area contributed by atoms with Crippen LogP contribution in [-0.4, -0.2) is 37.2 Å². The Kier molecular flexibility index (Phi) is 54.0. The van der Waals surface area contributed by atoms with Crippen LogP contribution in [0.15, 0.2) is 122 Å². The number of hydrogen-bond acceptors (Lipinski definition) is 6. The molecular weight excluding hydrogens is 865 g/mol. The van der Waals surface area contributed by atoms with Crippen LogP contribution in [0.4, 0.5) is 0 Å². The Balaban J connectivity index is 4.56. The Bertz CT molecular complexity index is 1490. The lowest BCUT2D eigenvalue weighted by Crippen LogP contribution is -2.30. The van der Waals surface area contributed by atoms with Crippen LogP contribution in [0.2, 0.25) is 0 Å². The molecule has 0 N–H and O–H groups in total. The lowest BCUT2D eigenvalue weighted by Gasteiger charge is -2.18. The van der Waals surface area contributed by atoms with E-state index in [-0.39, 0.29) is 37.5 Å². The van der Waals surface area contributed by atoms with Crippen molar-refractivity contribution in [2.24, 2.45) is 0 Å². The molecule has 0 bridgehead atoms. The van der Waals surface area contributed by atoms with Crippen molar-refractivity contribution in [3.63, 3.8) is 0 Å². The summed E-state index contributed by atoms with van der Waals surface area (Å²) in [4.78, 5) is 38.1. The summed E-state index contributed by atoms with van der Waals surface area (Å²) in [6, 6.07) is 0. The van der Waals surface area contributed by atoms with Crippen molar-refractivity contribution in [2.75, 3.05) is 13.2 Å². The number of rotatable bonds is 50. The fourth-order valence-electron chi connectivity index (χ4n) is 7.42. The molecule has 0 radical (unpaired) electrons. The van der Waals surface area contributed by atoms with Gasteiger partial charge in [-0.05, 0) is 116 Å². The number of hydrogen-bond donors (Lipinski definition) is 0. The Labute approximate surface area is 431 Å². The molecule has 0 heterocycles. The van der Waals surface area contributed by atoms with E-state index in [0.29, 0.717) is 19.3 Å². The minimum Gasteiger partial charge on any atom is -0.462 e. The van der Waals surface area contributed by atoms with Crippen molar-refractivity contribution < 1.29 is 28.6 Å². The zero-order chi connectivity index (χ0) is 50.7. The molecule has 0 saturated heterocycles. The minimum absolute atomic E-state index is 0.115. The van der Waals surface area contributed by atoms with Gasteiger partial charge in [-0.2, -0.15) is 0 Å². The van der Waals surface area contributed by atoms with Gasteiger partial charge in [0.1, 0.15) is 13.2 Å². The monoisotopic (exact) mass is 969 g/mol. The highest BCUT2D eigenvalue weighted by Gasteiger charge is 2.19. The van der Waals surface area contributed by atoms with E-state index in [1.807, 2.05) is 0 Å². The van der Waals surface area contributed by atoms with Gasteiger partial charge in [-0.3, -0.25) is 14.4 Å². The fourth-order valence-corrected chi connectivity index (χ4v) is 7.42. The molecule has 1 atom stereocenters. The van der Waals surface area contributed by atoms with Gasteiger partial charge in [-0.15, -0.1) is 0 Å². The van der Waals surface area contributed by atoms with Gasteiger partial charge >= 0.3 is 17.9 Å². The molecule has 1 unspecified atom stereocenters. The maximum atomic E-state index is 12.8. The molecule has 0 saturated carbocycles. The normalized spacial score (nSPS) is 13.0. The van der Waals surface area contributed by atoms with Gasteiger partial charge in [-0.1, -0.05) is 232 Å². The molecule has 6 heteroatoms. The number of carbonyl (C=O) groups excluding carboxylic acids is 3. The van der Waals surface area contributed by atoms with Crippen molar-refractivity contribution in [1.82, 2.24) is 0 Å². The Morgan fingerprint density at radius 3 is 0.971 bits per heavy atom. The molecule has 0 aliphatic heterocycles. The lowest BCUT2D eigenvalue weighted by molar-refractivity contribution is -0.167. The smallest absolute Gasteiger partial charge is 0.306 e. The van der Waals surface area contributed by atoms with E-state index in [1.54, 1.807) is 0 Å². The lowest BCUT2D eigenvalue weighted by atomic mass is 10.1. The number of esters is 3. The van der Waals surface area contributed by atoms with Crippen LogP contribution < -0.4 is 0 Å². The summed E-state index contributed by atoms with van der Waals surface area (Å²) in [6.07, 6.45) is 78.9. The Hall–Kier alpha value is -4.19. The average Bonchev–Trinajstić information content (AvgIpc) is 3.36. The molecule has 0 fully saturated rings.